The Kier molecular flexibility index (Phi) is 4.91. The predicted molar refractivity (Wildman–Crippen MR) is 140 cm³/mol. The van der Waals surface area contributed by atoms with Gasteiger partial charge in [-0.05, 0) is 24.3 Å². The summed E-state index contributed by atoms with van der Waals surface area (Å²) in [7, 11) is 0. The van der Waals surface area contributed by atoms with Crippen molar-refractivity contribution in [3.8, 4) is 22.5 Å². The molecular weight excluding hydrogens is 562 g/mol. The molecule has 0 spiro atoms. The SMILES string of the molecule is Fc1c(-c2ncnc3c2oc2ccccc23)c(F)c2c(F)c(F)c(-c3ncnc4c3oc3ccccc34)c(F)c2c1F. The molecule has 204 valence electrons. The van der Waals surface area contributed by atoms with Gasteiger partial charge in [0.05, 0.1) is 21.9 Å². The number of furan rings is 2. The van der Waals surface area contributed by atoms with Crippen molar-refractivity contribution in [3.63, 3.8) is 0 Å². The number of rotatable bonds is 2. The number of aromatic nitrogens is 4. The fourth-order valence-electron chi connectivity index (χ4n) is 5.33. The first-order chi connectivity index (χ1) is 20.4. The Balaban J connectivity index is 1.46. The largest absolute Gasteiger partial charge is 0.452 e. The molecule has 0 aliphatic rings. The summed E-state index contributed by atoms with van der Waals surface area (Å²) in [5.74, 6) is -11.3. The van der Waals surface area contributed by atoms with E-state index >= 15 is 26.3 Å². The molecular formula is C30H10F6N4O2. The Morgan fingerprint density at radius 2 is 0.857 bits per heavy atom. The van der Waals surface area contributed by atoms with Crippen LogP contribution < -0.4 is 0 Å². The summed E-state index contributed by atoms with van der Waals surface area (Å²) in [6, 6.07) is 13.0. The van der Waals surface area contributed by atoms with Crippen molar-refractivity contribution in [2.45, 2.75) is 0 Å². The lowest BCUT2D eigenvalue weighted by atomic mass is 9.96. The Bertz CT molecular complexity index is 2280. The van der Waals surface area contributed by atoms with Crippen LogP contribution in [0.3, 0.4) is 0 Å². The number of halogens is 6. The van der Waals surface area contributed by atoms with Gasteiger partial charge in [-0.3, -0.25) is 0 Å². The molecule has 12 heteroatoms. The van der Waals surface area contributed by atoms with Gasteiger partial charge in [-0.1, -0.05) is 24.3 Å². The molecule has 0 radical (unpaired) electrons. The third-order valence-corrected chi connectivity index (χ3v) is 7.18. The van der Waals surface area contributed by atoms with Crippen molar-refractivity contribution in [1.29, 1.82) is 0 Å². The molecule has 0 saturated heterocycles. The summed E-state index contributed by atoms with van der Waals surface area (Å²) in [6.07, 6.45) is 1.91. The molecule has 4 heterocycles. The summed E-state index contributed by atoms with van der Waals surface area (Å²) >= 11 is 0. The normalized spacial score (nSPS) is 12.0. The first-order valence-electron chi connectivity index (χ1n) is 12.3. The van der Waals surface area contributed by atoms with Gasteiger partial charge in [0.1, 0.15) is 57.9 Å². The van der Waals surface area contributed by atoms with Crippen molar-refractivity contribution >= 4 is 54.9 Å². The van der Waals surface area contributed by atoms with Crippen LogP contribution >= 0.6 is 0 Å². The Labute approximate surface area is 228 Å². The lowest BCUT2D eigenvalue weighted by molar-refractivity contribution is 0.485. The predicted octanol–water partition coefficient (Wildman–Crippen LogP) is 8.39. The Morgan fingerprint density at radius 3 is 1.29 bits per heavy atom. The Hall–Kier alpha value is -5.52. The number of hydrogen-bond acceptors (Lipinski definition) is 6. The molecule has 4 aromatic carbocycles. The standard InChI is InChI=1S/C30H10F6N4O2/c31-19-15-16(21(33)23(35)17(19)27-29-25(37-9-39-27)11-5-1-3-7-13(11)41-29)20(32)18(24(36)22(15)34)28-30-26(38-10-40-28)12-6-2-4-8-14(12)42-30/h1-10H. The van der Waals surface area contributed by atoms with E-state index in [1.165, 1.54) is 0 Å². The van der Waals surface area contributed by atoms with E-state index in [0.717, 1.165) is 12.7 Å². The maximum atomic E-state index is 16.0. The van der Waals surface area contributed by atoms with Crippen LogP contribution in [0.15, 0.2) is 70.0 Å². The number of para-hydroxylation sites is 2. The van der Waals surface area contributed by atoms with Gasteiger partial charge in [-0.25, -0.2) is 46.3 Å². The van der Waals surface area contributed by atoms with E-state index in [1.54, 1.807) is 48.5 Å². The summed E-state index contributed by atoms with van der Waals surface area (Å²) < 4.78 is 106. The summed E-state index contributed by atoms with van der Waals surface area (Å²) in [4.78, 5) is 15.8. The van der Waals surface area contributed by atoms with E-state index < -0.39 is 68.2 Å². The van der Waals surface area contributed by atoms with Gasteiger partial charge in [0.25, 0.3) is 0 Å². The van der Waals surface area contributed by atoms with E-state index in [-0.39, 0.29) is 33.4 Å². The van der Waals surface area contributed by atoms with Crippen LogP contribution in [0.25, 0.3) is 77.4 Å². The van der Waals surface area contributed by atoms with E-state index in [4.69, 9.17) is 8.83 Å². The van der Waals surface area contributed by atoms with Crippen molar-refractivity contribution in [1.82, 2.24) is 19.9 Å². The maximum absolute atomic E-state index is 16.0. The summed E-state index contributed by atoms with van der Waals surface area (Å²) in [5, 5.41) is -1.98. The van der Waals surface area contributed by atoms with Gasteiger partial charge < -0.3 is 8.83 Å². The zero-order valence-corrected chi connectivity index (χ0v) is 20.6. The molecule has 8 aromatic rings. The van der Waals surface area contributed by atoms with Gasteiger partial charge in [0.15, 0.2) is 34.4 Å². The number of nitrogens with zero attached hydrogens (tertiary/aromatic N) is 4. The van der Waals surface area contributed by atoms with Crippen LogP contribution in [0, 0.1) is 34.9 Å². The second kappa shape index (κ2) is 8.49. The van der Waals surface area contributed by atoms with Crippen LogP contribution in [-0.2, 0) is 0 Å². The molecule has 4 aromatic heterocycles. The van der Waals surface area contributed by atoms with E-state index in [2.05, 4.69) is 19.9 Å². The third kappa shape index (κ3) is 3.05. The molecule has 0 fully saturated rings. The lowest BCUT2D eigenvalue weighted by Crippen LogP contribution is -2.07. The highest BCUT2D eigenvalue weighted by Gasteiger charge is 2.34. The third-order valence-electron chi connectivity index (χ3n) is 7.18. The topological polar surface area (TPSA) is 77.8 Å². The minimum Gasteiger partial charge on any atom is -0.452 e. The average molecular weight is 572 g/mol. The van der Waals surface area contributed by atoms with Gasteiger partial charge in [0.2, 0.25) is 0 Å². The van der Waals surface area contributed by atoms with Crippen LogP contribution in [0.4, 0.5) is 26.3 Å². The van der Waals surface area contributed by atoms with Crippen molar-refractivity contribution in [3.05, 3.63) is 96.1 Å². The number of hydrogen-bond donors (Lipinski definition) is 0. The molecule has 0 bridgehead atoms. The molecule has 42 heavy (non-hydrogen) atoms. The van der Waals surface area contributed by atoms with E-state index in [9.17, 15) is 0 Å². The summed E-state index contributed by atoms with van der Waals surface area (Å²) in [6.45, 7) is 0. The zero-order valence-electron chi connectivity index (χ0n) is 20.6. The molecule has 0 amide bonds. The van der Waals surface area contributed by atoms with Crippen LogP contribution in [0.5, 0.6) is 0 Å². The van der Waals surface area contributed by atoms with Gasteiger partial charge in [-0.15, -0.1) is 0 Å². The average Bonchev–Trinajstić information content (AvgIpc) is 3.57. The van der Waals surface area contributed by atoms with Gasteiger partial charge >= 0.3 is 0 Å². The van der Waals surface area contributed by atoms with Gasteiger partial charge in [-0.2, -0.15) is 0 Å². The highest BCUT2D eigenvalue weighted by Crippen LogP contribution is 2.44. The number of fused-ring (bicyclic) bond motifs is 7. The zero-order chi connectivity index (χ0) is 28.9. The van der Waals surface area contributed by atoms with Gasteiger partial charge in [0, 0.05) is 10.8 Å². The molecule has 0 aliphatic heterocycles. The molecule has 0 unspecified atom stereocenters. The summed E-state index contributed by atoms with van der Waals surface area (Å²) in [5.41, 5.74) is -3.13. The molecule has 0 N–H and O–H groups in total. The monoisotopic (exact) mass is 572 g/mol. The Morgan fingerprint density at radius 1 is 0.452 bits per heavy atom. The fourth-order valence-corrected chi connectivity index (χ4v) is 5.33. The minimum atomic E-state index is -1.98. The van der Waals surface area contributed by atoms with E-state index in [1.807, 2.05) is 0 Å². The number of benzene rings is 4. The highest BCUT2D eigenvalue weighted by molar-refractivity contribution is 6.08. The van der Waals surface area contributed by atoms with Crippen LogP contribution in [0.2, 0.25) is 0 Å². The smallest absolute Gasteiger partial charge is 0.180 e. The highest BCUT2D eigenvalue weighted by atomic mass is 19.2. The quantitative estimate of drug-likeness (QED) is 0.153. The van der Waals surface area contributed by atoms with Crippen molar-refractivity contribution < 1.29 is 35.2 Å². The maximum Gasteiger partial charge on any atom is 0.180 e. The fraction of sp³-hybridized carbons (Fsp3) is 0. The second-order valence-corrected chi connectivity index (χ2v) is 9.38. The first kappa shape index (κ1) is 24.3. The first-order valence-corrected chi connectivity index (χ1v) is 12.3. The molecule has 0 aliphatic carbocycles. The second-order valence-electron chi connectivity index (χ2n) is 9.38. The molecule has 0 atom stereocenters. The van der Waals surface area contributed by atoms with E-state index in [0.29, 0.717) is 10.8 Å². The molecule has 8 rings (SSSR count). The van der Waals surface area contributed by atoms with Crippen molar-refractivity contribution in [2.24, 2.45) is 0 Å². The minimum absolute atomic E-state index is 0.140. The van der Waals surface area contributed by atoms with Crippen molar-refractivity contribution in [2.75, 3.05) is 0 Å². The lowest BCUT2D eigenvalue weighted by Gasteiger charge is -2.14. The van der Waals surface area contributed by atoms with Crippen LogP contribution in [-0.4, -0.2) is 19.9 Å². The van der Waals surface area contributed by atoms with Crippen LogP contribution in [0.1, 0.15) is 0 Å². The molecule has 0 saturated carbocycles. The molecule has 6 nitrogen and oxygen atoms in total.